The Hall–Kier alpha value is -1.09. The van der Waals surface area contributed by atoms with Crippen LogP contribution < -0.4 is 0 Å². The van der Waals surface area contributed by atoms with E-state index >= 15 is 0 Å². The molecule has 0 aromatic rings. The molecule has 3 unspecified atom stereocenters. The molecule has 3 nitrogen and oxygen atoms in total. The van der Waals surface area contributed by atoms with Crippen molar-refractivity contribution in [2.45, 2.75) is 71.2 Å². The first-order valence-corrected chi connectivity index (χ1v) is 7.20. The summed E-state index contributed by atoms with van der Waals surface area (Å²) < 4.78 is 35.7. The van der Waals surface area contributed by atoms with E-state index in [2.05, 4.69) is 0 Å². The summed E-state index contributed by atoms with van der Waals surface area (Å²) in [7, 11) is 0. The summed E-state index contributed by atoms with van der Waals surface area (Å²) in [4.78, 5) is 11.4. The van der Waals surface area contributed by atoms with Gasteiger partial charge in [-0.15, -0.1) is 0 Å². The second-order valence-electron chi connectivity index (χ2n) is 4.33. The second-order valence-corrected chi connectivity index (χ2v) is 4.33. The Morgan fingerprint density at radius 3 is 2.70 bits per heavy atom. The summed E-state index contributed by atoms with van der Waals surface area (Å²) in [6, 6.07) is 0. The van der Waals surface area contributed by atoms with Crippen molar-refractivity contribution in [3.05, 3.63) is 24.3 Å². The number of carbonyl (C=O) groups excluding carboxylic acids is 1. The molecule has 0 aliphatic rings. The van der Waals surface area contributed by atoms with Gasteiger partial charge in [-0.1, -0.05) is 51.0 Å². The van der Waals surface area contributed by atoms with E-state index in [0.29, 0.717) is 19.3 Å². The number of ether oxygens (including phenoxy) is 1. The van der Waals surface area contributed by atoms with Crippen molar-refractivity contribution >= 4 is 5.97 Å². The molecule has 0 heterocycles. The largest absolute Gasteiger partial charge is 0.466 e. The molecule has 0 rings (SSSR count). The fraction of sp³-hybridized carbons (Fsp3) is 0.706. The first-order chi connectivity index (χ1) is 11.2. The van der Waals surface area contributed by atoms with Crippen LogP contribution >= 0.6 is 0 Å². The van der Waals surface area contributed by atoms with Gasteiger partial charge in [0, 0.05) is 4.11 Å². The maximum absolute atomic E-state index is 11.4. The summed E-state index contributed by atoms with van der Waals surface area (Å²) in [6.45, 7) is 3.99. The number of hydrogen-bond donors (Lipinski definition) is 1. The van der Waals surface area contributed by atoms with Crippen molar-refractivity contribution in [2.24, 2.45) is 0 Å². The lowest BCUT2D eigenvalue weighted by atomic mass is 10.1. The van der Waals surface area contributed by atoms with Crippen LogP contribution in [0, 0.1) is 0 Å². The van der Waals surface area contributed by atoms with Crippen LogP contribution in [0.3, 0.4) is 0 Å². The van der Waals surface area contributed by atoms with Crippen LogP contribution in [0.15, 0.2) is 24.3 Å². The van der Waals surface area contributed by atoms with E-state index in [1.54, 1.807) is 24.3 Å². The van der Waals surface area contributed by atoms with Gasteiger partial charge in [0.1, 0.15) is 0 Å². The van der Waals surface area contributed by atoms with Gasteiger partial charge in [0.15, 0.2) is 0 Å². The molecule has 0 aliphatic heterocycles. The predicted molar refractivity (Wildman–Crippen MR) is 83.5 cm³/mol. The number of aliphatic hydroxyl groups is 1. The summed E-state index contributed by atoms with van der Waals surface area (Å²) in [5.41, 5.74) is 0. The number of allylic oxidation sites excluding steroid dienone is 3. The standard InChI is InChI=1S/C17H30O3/c1-3-5-6-7-8-9-10-11-12-13-16(18)15-17(19)20-14-4-2/h8-9,11-12,16,18H,3-7,10,13-15H2,1-2H3/b9-8-,12-11-/t16-/m0/s1/i5D,6D,7D,16D/t5?,6?,7?,16-. The molecule has 4 atom stereocenters. The van der Waals surface area contributed by atoms with Gasteiger partial charge in [-0.25, -0.2) is 0 Å². The molecule has 116 valence electrons. The molecular formula is C17H30O3. The highest BCUT2D eigenvalue weighted by Crippen LogP contribution is 2.03. The molecule has 0 saturated heterocycles. The van der Waals surface area contributed by atoms with Crippen molar-refractivity contribution in [1.82, 2.24) is 0 Å². The van der Waals surface area contributed by atoms with Crippen molar-refractivity contribution in [1.29, 1.82) is 0 Å². The van der Waals surface area contributed by atoms with E-state index < -0.39 is 31.2 Å². The van der Waals surface area contributed by atoms with Crippen molar-refractivity contribution in [2.75, 3.05) is 6.61 Å². The second kappa shape index (κ2) is 14.3. The molecule has 0 saturated carbocycles. The number of esters is 1. The number of carbonyl (C=O) groups is 1. The predicted octanol–water partition coefficient (Wildman–Crippen LogP) is 4.16. The van der Waals surface area contributed by atoms with E-state index in [1.165, 1.54) is 0 Å². The summed E-state index contributed by atoms with van der Waals surface area (Å²) >= 11 is 0. The highest BCUT2D eigenvalue weighted by atomic mass is 16.5. The Kier molecular flexibility index (Phi) is 9.05. The Morgan fingerprint density at radius 1 is 1.25 bits per heavy atom. The third-order valence-corrected chi connectivity index (χ3v) is 2.34. The third-order valence-electron chi connectivity index (χ3n) is 2.34. The molecule has 0 aromatic heterocycles. The zero-order valence-electron chi connectivity index (χ0n) is 16.5. The summed E-state index contributed by atoms with van der Waals surface area (Å²) in [6.07, 6.45) is 4.14. The lowest BCUT2D eigenvalue weighted by molar-refractivity contribution is -0.145. The fourth-order valence-electron chi connectivity index (χ4n) is 1.34. The van der Waals surface area contributed by atoms with E-state index in [4.69, 9.17) is 10.2 Å². The van der Waals surface area contributed by atoms with Crippen molar-refractivity contribution in [3.8, 4) is 0 Å². The van der Waals surface area contributed by atoms with Crippen LogP contribution in [0.4, 0.5) is 0 Å². The molecular weight excluding hydrogens is 252 g/mol. The summed E-state index contributed by atoms with van der Waals surface area (Å²) in [5, 5.41) is 9.81. The highest BCUT2D eigenvalue weighted by molar-refractivity contribution is 5.69. The van der Waals surface area contributed by atoms with Crippen LogP contribution in [0.1, 0.15) is 70.6 Å². The quantitative estimate of drug-likeness (QED) is 0.433. The van der Waals surface area contributed by atoms with Gasteiger partial charge in [0.25, 0.3) is 0 Å². The van der Waals surface area contributed by atoms with Gasteiger partial charge in [-0.2, -0.15) is 0 Å². The Balaban J connectivity index is 4.14. The lowest BCUT2D eigenvalue weighted by Crippen LogP contribution is -2.15. The van der Waals surface area contributed by atoms with Gasteiger partial charge in [-0.3, -0.25) is 4.79 Å². The maximum atomic E-state index is 11.4. The van der Waals surface area contributed by atoms with Gasteiger partial charge in [0.2, 0.25) is 0 Å². The zero-order valence-corrected chi connectivity index (χ0v) is 12.5. The minimum Gasteiger partial charge on any atom is -0.466 e. The normalized spacial score (nSPS) is 22.4. The first kappa shape index (κ1) is 12.6. The van der Waals surface area contributed by atoms with Crippen LogP contribution in [0.5, 0.6) is 0 Å². The van der Waals surface area contributed by atoms with E-state index in [-0.39, 0.29) is 19.4 Å². The van der Waals surface area contributed by atoms with Crippen LogP contribution in [-0.2, 0) is 9.53 Å². The third kappa shape index (κ3) is 13.3. The van der Waals surface area contributed by atoms with E-state index in [9.17, 15) is 9.90 Å². The molecule has 20 heavy (non-hydrogen) atoms. The summed E-state index contributed by atoms with van der Waals surface area (Å²) in [5.74, 6) is -0.581. The molecule has 0 aliphatic carbocycles. The Morgan fingerprint density at radius 2 is 2.00 bits per heavy atom. The Labute approximate surface area is 129 Å². The SMILES string of the molecule is [2H]C(/C=C\C/C=C\C[C@]([2H])(O)CC(=O)OCCC)C([2H])C([2H])CC. The minimum absolute atomic E-state index is 0.0120. The molecule has 0 radical (unpaired) electrons. The first-order valence-electron chi connectivity index (χ1n) is 9.43. The molecule has 0 amide bonds. The molecule has 0 bridgehead atoms. The Bertz CT molecular complexity index is 411. The van der Waals surface area contributed by atoms with Gasteiger partial charge in [-0.05, 0) is 32.1 Å². The fourth-order valence-corrected chi connectivity index (χ4v) is 1.34. The van der Waals surface area contributed by atoms with Crippen LogP contribution in [0.25, 0.3) is 0 Å². The van der Waals surface area contributed by atoms with Crippen LogP contribution in [-0.4, -0.2) is 23.8 Å². The van der Waals surface area contributed by atoms with Gasteiger partial charge in [0.05, 0.1) is 20.5 Å². The van der Waals surface area contributed by atoms with Crippen LogP contribution in [0.2, 0.25) is 0 Å². The van der Waals surface area contributed by atoms with E-state index in [0.717, 1.165) is 0 Å². The number of hydrogen-bond acceptors (Lipinski definition) is 3. The topological polar surface area (TPSA) is 46.5 Å². The van der Waals surface area contributed by atoms with Gasteiger partial charge < -0.3 is 9.84 Å². The molecule has 0 aromatic carbocycles. The number of rotatable bonds is 12. The smallest absolute Gasteiger partial charge is 0.308 e. The van der Waals surface area contributed by atoms with Crippen molar-refractivity contribution < 1.29 is 20.1 Å². The molecule has 0 fully saturated rings. The monoisotopic (exact) mass is 286 g/mol. The highest BCUT2D eigenvalue weighted by Gasteiger charge is 2.09. The zero-order chi connectivity index (χ0) is 18.6. The average Bonchev–Trinajstić information content (AvgIpc) is 2.53. The maximum Gasteiger partial charge on any atom is 0.308 e. The van der Waals surface area contributed by atoms with Gasteiger partial charge >= 0.3 is 5.97 Å². The lowest BCUT2D eigenvalue weighted by Gasteiger charge is -2.07. The molecule has 0 spiro atoms. The molecule has 3 heteroatoms. The minimum atomic E-state index is -1.88. The molecule has 1 N–H and O–H groups in total. The average molecular weight is 286 g/mol. The van der Waals surface area contributed by atoms with Crippen molar-refractivity contribution in [3.63, 3.8) is 0 Å². The van der Waals surface area contributed by atoms with E-state index in [1.807, 2.05) is 13.8 Å².